The fourth-order valence-electron chi connectivity index (χ4n) is 4.42. The van der Waals surface area contributed by atoms with Crippen LogP contribution in [0.2, 0.25) is 5.02 Å². The molecule has 0 spiro atoms. The molecule has 2 N–H and O–H groups in total. The minimum Gasteiger partial charge on any atom is -0.410 e. The summed E-state index contributed by atoms with van der Waals surface area (Å²) in [5.74, 6) is 1.07. The van der Waals surface area contributed by atoms with Gasteiger partial charge in [0.2, 0.25) is 5.91 Å². The zero-order chi connectivity index (χ0) is 25.4. The van der Waals surface area contributed by atoms with E-state index in [1.54, 1.807) is 0 Å². The zero-order valence-electron chi connectivity index (χ0n) is 21.3. The summed E-state index contributed by atoms with van der Waals surface area (Å²) >= 11 is 5.98. The number of ether oxygens (including phenoxy) is 1. The van der Waals surface area contributed by atoms with Gasteiger partial charge in [-0.05, 0) is 108 Å². The van der Waals surface area contributed by atoms with E-state index >= 15 is 0 Å². The van der Waals surface area contributed by atoms with Crippen molar-refractivity contribution in [2.24, 2.45) is 0 Å². The number of rotatable bonds is 9. The highest BCUT2D eigenvalue weighted by Gasteiger charge is 2.29. The van der Waals surface area contributed by atoms with Crippen LogP contribution in [0.25, 0.3) is 0 Å². The van der Waals surface area contributed by atoms with Crippen LogP contribution in [-0.2, 0) is 10.2 Å². The molecule has 1 saturated heterocycles. The van der Waals surface area contributed by atoms with Crippen LogP contribution in [0.1, 0.15) is 64.0 Å². The Morgan fingerprint density at radius 1 is 1.11 bits per heavy atom. The van der Waals surface area contributed by atoms with E-state index in [-0.39, 0.29) is 11.9 Å². The minimum absolute atomic E-state index is 0.0303. The molecule has 2 aromatic carbocycles. The van der Waals surface area contributed by atoms with E-state index in [1.807, 2.05) is 70.2 Å². The van der Waals surface area contributed by atoms with Gasteiger partial charge in [0.25, 0.3) is 0 Å². The van der Waals surface area contributed by atoms with Crippen LogP contribution in [-0.4, -0.2) is 49.1 Å². The molecule has 3 rings (SSSR count). The van der Waals surface area contributed by atoms with Gasteiger partial charge in [0.15, 0.2) is 0 Å². The van der Waals surface area contributed by atoms with Crippen molar-refractivity contribution < 1.29 is 14.3 Å². The molecule has 0 aromatic heterocycles. The fraction of sp³-hybridized carbons (Fsp3) is 0.500. The molecule has 1 fully saturated rings. The number of piperidine rings is 1. The first-order chi connectivity index (χ1) is 16.6. The first-order valence-electron chi connectivity index (χ1n) is 12.5. The molecule has 0 bridgehead atoms. The summed E-state index contributed by atoms with van der Waals surface area (Å²) in [6, 6.07) is 15.4. The van der Waals surface area contributed by atoms with Crippen LogP contribution in [0.3, 0.4) is 0 Å². The van der Waals surface area contributed by atoms with Crippen molar-refractivity contribution in [2.75, 3.05) is 26.2 Å². The molecule has 0 atom stereocenters. The van der Waals surface area contributed by atoms with E-state index < -0.39 is 11.5 Å². The second-order valence-corrected chi connectivity index (χ2v) is 10.6. The highest BCUT2D eigenvalue weighted by atomic mass is 35.5. The number of halogens is 1. The molecule has 0 radical (unpaired) electrons. The third-order valence-corrected chi connectivity index (χ3v) is 6.86. The fourth-order valence-corrected chi connectivity index (χ4v) is 4.54. The summed E-state index contributed by atoms with van der Waals surface area (Å²) in [5, 5.41) is 6.52. The summed E-state index contributed by atoms with van der Waals surface area (Å²) in [6.45, 7) is 11.4. The maximum atomic E-state index is 12.8. The third-order valence-electron chi connectivity index (χ3n) is 6.60. The highest BCUT2D eigenvalue weighted by molar-refractivity contribution is 6.30. The topological polar surface area (TPSA) is 70.7 Å². The molecule has 7 heteroatoms. The van der Waals surface area contributed by atoms with Crippen molar-refractivity contribution in [1.29, 1.82) is 0 Å². The lowest BCUT2D eigenvalue weighted by Gasteiger charge is -2.32. The number of carbonyl (C=O) groups excluding carboxylic acids is 2. The van der Waals surface area contributed by atoms with Crippen LogP contribution >= 0.6 is 11.6 Å². The van der Waals surface area contributed by atoms with Gasteiger partial charge in [0.05, 0.1) is 5.41 Å². The number of nitrogens with one attached hydrogen (secondary N) is 2. The zero-order valence-corrected chi connectivity index (χ0v) is 22.0. The second-order valence-electron chi connectivity index (χ2n) is 10.1. The Morgan fingerprint density at radius 3 is 2.46 bits per heavy atom. The Hall–Kier alpha value is -2.57. The SMILES string of the molecule is CC(C)NC(=O)Oc1cccc(C2CCN(CCCNC(=O)C(C)(C)c3ccc(Cl)cc3)CC2)c1. The number of amides is 2. The summed E-state index contributed by atoms with van der Waals surface area (Å²) in [4.78, 5) is 27.1. The standard InChI is InChI=1S/C28H38ClN3O3/c1-20(2)31-27(34)35-25-8-5-7-22(19-25)21-13-17-32(18-14-21)16-6-15-30-26(33)28(3,4)23-9-11-24(29)12-10-23/h5,7-12,19-21H,6,13-18H2,1-4H3,(H,30,33)(H,31,34). The van der Waals surface area contributed by atoms with Gasteiger partial charge in [-0.25, -0.2) is 4.79 Å². The normalized spacial score (nSPS) is 15.1. The van der Waals surface area contributed by atoms with Gasteiger partial charge in [-0.1, -0.05) is 35.9 Å². The summed E-state index contributed by atoms with van der Waals surface area (Å²) in [7, 11) is 0. The van der Waals surface area contributed by atoms with Crippen LogP contribution < -0.4 is 15.4 Å². The largest absolute Gasteiger partial charge is 0.412 e. The Labute approximate surface area is 214 Å². The van der Waals surface area contributed by atoms with E-state index in [0.29, 0.717) is 23.2 Å². The van der Waals surface area contributed by atoms with Crippen LogP contribution in [0.4, 0.5) is 4.79 Å². The number of carbonyl (C=O) groups is 2. The summed E-state index contributed by atoms with van der Waals surface area (Å²) < 4.78 is 5.42. The quantitative estimate of drug-likeness (QED) is 0.447. The molecular weight excluding hydrogens is 462 g/mol. The molecule has 2 aromatic rings. The Bertz CT molecular complexity index is 983. The van der Waals surface area contributed by atoms with Crippen molar-refractivity contribution in [3.8, 4) is 5.75 Å². The molecular formula is C28H38ClN3O3. The molecule has 0 aliphatic carbocycles. The maximum Gasteiger partial charge on any atom is 0.412 e. The van der Waals surface area contributed by atoms with E-state index in [0.717, 1.165) is 44.5 Å². The number of nitrogens with zero attached hydrogens (tertiary/aromatic N) is 1. The average molecular weight is 500 g/mol. The third kappa shape index (κ3) is 7.97. The molecule has 2 amide bonds. The molecule has 1 heterocycles. The van der Waals surface area contributed by atoms with Crippen LogP contribution in [0.15, 0.2) is 48.5 Å². The van der Waals surface area contributed by atoms with Gasteiger partial charge in [-0.2, -0.15) is 0 Å². The molecule has 35 heavy (non-hydrogen) atoms. The minimum atomic E-state index is -0.601. The van der Waals surface area contributed by atoms with E-state index in [2.05, 4.69) is 21.6 Å². The highest BCUT2D eigenvalue weighted by Crippen LogP contribution is 2.30. The van der Waals surface area contributed by atoms with Gasteiger partial charge in [-0.15, -0.1) is 0 Å². The van der Waals surface area contributed by atoms with Crippen molar-refractivity contribution in [3.05, 3.63) is 64.7 Å². The monoisotopic (exact) mass is 499 g/mol. The first kappa shape index (κ1) is 27.0. The van der Waals surface area contributed by atoms with Crippen molar-refractivity contribution in [1.82, 2.24) is 15.5 Å². The Morgan fingerprint density at radius 2 is 1.80 bits per heavy atom. The molecule has 0 unspecified atom stereocenters. The molecule has 6 nitrogen and oxygen atoms in total. The lowest BCUT2D eigenvalue weighted by molar-refractivity contribution is -0.125. The molecule has 0 saturated carbocycles. The molecule has 1 aliphatic rings. The Kier molecular flexibility index (Phi) is 9.58. The summed E-state index contributed by atoms with van der Waals surface area (Å²) in [6.07, 6.45) is 2.63. The van der Waals surface area contributed by atoms with Gasteiger partial charge in [0, 0.05) is 17.6 Å². The molecule has 190 valence electrons. The second kappa shape index (κ2) is 12.4. The first-order valence-corrected chi connectivity index (χ1v) is 12.9. The van der Waals surface area contributed by atoms with Crippen molar-refractivity contribution in [2.45, 2.75) is 64.3 Å². The van der Waals surface area contributed by atoms with Crippen molar-refractivity contribution in [3.63, 3.8) is 0 Å². The number of hydrogen-bond acceptors (Lipinski definition) is 4. The average Bonchev–Trinajstić information content (AvgIpc) is 2.82. The van der Waals surface area contributed by atoms with E-state index in [9.17, 15) is 9.59 Å². The summed E-state index contributed by atoms with van der Waals surface area (Å²) in [5.41, 5.74) is 1.57. The van der Waals surface area contributed by atoms with Gasteiger partial charge >= 0.3 is 6.09 Å². The maximum absolute atomic E-state index is 12.8. The van der Waals surface area contributed by atoms with Gasteiger partial charge in [-0.3, -0.25) is 4.79 Å². The predicted octanol–water partition coefficient (Wildman–Crippen LogP) is 5.50. The molecule has 1 aliphatic heterocycles. The predicted molar refractivity (Wildman–Crippen MR) is 141 cm³/mol. The lowest BCUT2D eigenvalue weighted by atomic mass is 9.84. The van der Waals surface area contributed by atoms with E-state index in [1.165, 1.54) is 5.56 Å². The van der Waals surface area contributed by atoms with E-state index in [4.69, 9.17) is 16.3 Å². The number of hydrogen-bond donors (Lipinski definition) is 2. The smallest absolute Gasteiger partial charge is 0.410 e. The van der Waals surface area contributed by atoms with Crippen LogP contribution in [0.5, 0.6) is 5.75 Å². The van der Waals surface area contributed by atoms with Crippen LogP contribution in [0, 0.1) is 0 Å². The van der Waals surface area contributed by atoms with Gasteiger partial charge in [0.1, 0.15) is 5.75 Å². The lowest BCUT2D eigenvalue weighted by Crippen LogP contribution is -2.41. The Balaban J connectivity index is 1.39. The van der Waals surface area contributed by atoms with Gasteiger partial charge < -0.3 is 20.3 Å². The van der Waals surface area contributed by atoms with Crippen molar-refractivity contribution >= 4 is 23.6 Å². The number of benzene rings is 2. The number of likely N-dealkylation sites (tertiary alicyclic amines) is 1.